The normalized spacial score (nSPS) is 19.4. The number of nitrogens with zero attached hydrogens (tertiary/aromatic N) is 1. The summed E-state index contributed by atoms with van der Waals surface area (Å²) in [6.45, 7) is 8.60. The molecule has 2 unspecified atom stereocenters. The second kappa shape index (κ2) is 8.91. The van der Waals surface area contributed by atoms with Gasteiger partial charge in [-0.05, 0) is 67.3 Å². The van der Waals surface area contributed by atoms with Crippen LogP contribution in [0.3, 0.4) is 0 Å². The molecule has 0 aliphatic carbocycles. The van der Waals surface area contributed by atoms with E-state index in [0.717, 1.165) is 27.7 Å². The SMILES string of the molecule is CC(C)c1ccc2c(c1)c(-c1ccc(F)cc1)c(/C=C/C1CC(O)CC(=O)O1)n2C(C)C. The molecule has 2 atom stereocenters. The Balaban J connectivity index is 1.93. The summed E-state index contributed by atoms with van der Waals surface area (Å²) < 4.78 is 21.4. The number of carbonyl (C=O) groups excluding carboxylic acids is 1. The van der Waals surface area contributed by atoms with E-state index in [-0.39, 0.29) is 24.2 Å². The van der Waals surface area contributed by atoms with Gasteiger partial charge in [0.1, 0.15) is 11.9 Å². The average molecular weight is 436 g/mol. The summed E-state index contributed by atoms with van der Waals surface area (Å²) in [7, 11) is 0. The van der Waals surface area contributed by atoms with E-state index in [2.05, 4.69) is 50.5 Å². The molecule has 32 heavy (non-hydrogen) atoms. The molecule has 0 saturated carbocycles. The van der Waals surface area contributed by atoms with Crippen LogP contribution in [-0.4, -0.2) is 27.9 Å². The van der Waals surface area contributed by atoms with Crippen molar-refractivity contribution in [1.82, 2.24) is 4.57 Å². The third-order valence-corrected chi connectivity index (χ3v) is 6.04. The molecule has 0 bridgehead atoms. The molecule has 1 aromatic heterocycles. The number of aliphatic hydroxyl groups is 1. The van der Waals surface area contributed by atoms with Crippen LogP contribution in [0.5, 0.6) is 0 Å². The third-order valence-electron chi connectivity index (χ3n) is 6.04. The molecule has 5 heteroatoms. The van der Waals surface area contributed by atoms with Crippen molar-refractivity contribution in [1.29, 1.82) is 0 Å². The predicted molar refractivity (Wildman–Crippen MR) is 126 cm³/mol. The minimum Gasteiger partial charge on any atom is -0.458 e. The third kappa shape index (κ3) is 4.35. The van der Waals surface area contributed by atoms with E-state index in [1.54, 1.807) is 12.1 Å². The lowest BCUT2D eigenvalue weighted by molar-refractivity contribution is -0.156. The standard InChI is InChI=1S/C27H30FNO3/c1-16(2)19-7-11-24-23(13-19)27(18-5-8-20(28)9-6-18)25(29(24)17(3)4)12-10-22-14-21(30)15-26(31)32-22/h5-13,16-17,21-22,30H,14-15H2,1-4H3/b12-10+. The molecular formula is C27H30FNO3. The molecular weight excluding hydrogens is 405 g/mol. The molecule has 1 fully saturated rings. The van der Waals surface area contributed by atoms with Gasteiger partial charge in [0, 0.05) is 34.6 Å². The van der Waals surface area contributed by atoms with Gasteiger partial charge in [-0.3, -0.25) is 4.79 Å². The van der Waals surface area contributed by atoms with E-state index in [4.69, 9.17) is 4.74 Å². The van der Waals surface area contributed by atoms with Crippen molar-refractivity contribution in [3.63, 3.8) is 0 Å². The molecule has 3 aromatic rings. The molecule has 168 valence electrons. The quantitative estimate of drug-likeness (QED) is 0.483. The number of carbonyl (C=O) groups is 1. The predicted octanol–water partition coefficient (Wildman–Crippen LogP) is 6.23. The highest BCUT2D eigenvalue weighted by molar-refractivity contribution is 6.01. The maximum atomic E-state index is 13.7. The van der Waals surface area contributed by atoms with Crippen LogP contribution in [0.1, 0.15) is 63.8 Å². The molecule has 0 spiro atoms. The molecule has 2 heterocycles. The lowest BCUT2D eigenvalue weighted by Gasteiger charge is -2.23. The van der Waals surface area contributed by atoms with Gasteiger partial charge in [0.05, 0.1) is 12.5 Å². The number of rotatable bonds is 5. The Morgan fingerprint density at radius 2 is 1.84 bits per heavy atom. The molecule has 2 aromatic carbocycles. The zero-order valence-electron chi connectivity index (χ0n) is 19.0. The topological polar surface area (TPSA) is 51.5 Å². The Kier molecular flexibility index (Phi) is 6.20. The van der Waals surface area contributed by atoms with Crippen LogP contribution in [0.4, 0.5) is 4.39 Å². The van der Waals surface area contributed by atoms with E-state index in [1.807, 2.05) is 12.2 Å². The summed E-state index contributed by atoms with van der Waals surface area (Å²) in [5.41, 5.74) is 5.26. The number of ether oxygens (including phenoxy) is 1. The number of esters is 1. The van der Waals surface area contributed by atoms with Gasteiger partial charge < -0.3 is 14.4 Å². The van der Waals surface area contributed by atoms with E-state index in [0.29, 0.717) is 12.3 Å². The first kappa shape index (κ1) is 22.3. The fraction of sp³-hybridized carbons (Fsp3) is 0.370. The summed E-state index contributed by atoms with van der Waals surface area (Å²) in [5.74, 6) is -0.280. The highest BCUT2D eigenvalue weighted by atomic mass is 19.1. The Labute approximate surface area is 188 Å². The maximum absolute atomic E-state index is 13.7. The minimum atomic E-state index is -0.688. The Hall–Kier alpha value is -2.92. The monoisotopic (exact) mass is 435 g/mol. The Bertz CT molecular complexity index is 1160. The van der Waals surface area contributed by atoms with E-state index < -0.39 is 12.2 Å². The molecule has 0 radical (unpaired) electrons. The van der Waals surface area contributed by atoms with Crippen LogP contribution >= 0.6 is 0 Å². The molecule has 1 saturated heterocycles. The maximum Gasteiger partial charge on any atom is 0.309 e. The number of aliphatic hydroxyl groups excluding tert-OH is 1. The van der Waals surface area contributed by atoms with Crippen molar-refractivity contribution in [3.8, 4) is 11.1 Å². The first-order valence-corrected chi connectivity index (χ1v) is 11.2. The second-order valence-electron chi connectivity index (χ2n) is 9.14. The van der Waals surface area contributed by atoms with Crippen molar-refractivity contribution in [3.05, 3.63) is 65.6 Å². The lowest BCUT2D eigenvalue weighted by atomic mass is 9.96. The minimum absolute atomic E-state index is 0.0371. The molecule has 1 N–H and O–H groups in total. The van der Waals surface area contributed by atoms with Crippen LogP contribution in [-0.2, 0) is 9.53 Å². The van der Waals surface area contributed by atoms with Gasteiger partial charge in [-0.2, -0.15) is 0 Å². The Morgan fingerprint density at radius 1 is 1.12 bits per heavy atom. The van der Waals surface area contributed by atoms with Crippen LogP contribution in [0.15, 0.2) is 48.5 Å². The van der Waals surface area contributed by atoms with Crippen molar-refractivity contribution in [2.24, 2.45) is 0 Å². The van der Waals surface area contributed by atoms with Crippen LogP contribution in [0.2, 0.25) is 0 Å². The van der Waals surface area contributed by atoms with Crippen LogP contribution < -0.4 is 0 Å². The summed E-state index contributed by atoms with van der Waals surface area (Å²) >= 11 is 0. The molecule has 1 aliphatic heterocycles. The number of benzene rings is 2. The van der Waals surface area contributed by atoms with Crippen molar-refractivity contribution < 1.29 is 19.0 Å². The van der Waals surface area contributed by atoms with Gasteiger partial charge in [0.25, 0.3) is 0 Å². The number of aromatic nitrogens is 1. The van der Waals surface area contributed by atoms with Gasteiger partial charge in [0.2, 0.25) is 0 Å². The number of fused-ring (bicyclic) bond motifs is 1. The van der Waals surface area contributed by atoms with Gasteiger partial charge >= 0.3 is 5.97 Å². The smallest absolute Gasteiger partial charge is 0.309 e. The van der Waals surface area contributed by atoms with E-state index in [1.165, 1.54) is 17.7 Å². The van der Waals surface area contributed by atoms with Gasteiger partial charge in [-0.1, -0.05) is 32.0 Å². The van der Waals surface area contributed by atoms with Crippen molar-refractivity contribution in [2.75, 3.05) is 0 Å². The fourth-order valence-electron chi connectivity index (χ4n) is 4.48. The summed E-state index contributed by atoms with van der Waals surface area (Å²) in [6, 6.07) is 13.3. The summed E-state index contributed by atoms with van der Waals surface area (Å²) in [6.07, 6.45) is 3.08. The number of halogens is 1. The Morgan fingerprint density at radius 3 is 2.47 bits per heavy atom. The van der Waals surface area contributed by atoms with Gasteiger partial charge in [-0.25, -0.2) is 4.39 Å². The summed E-state index contributed by atoms with van der Waals surface area (Å²) in [5, 5.41) is 11.1. The fourth-order valence-corrected chi connectivity index (χ4v) is 4.48. The first-order valence-electron chi connectivity index (χ1n) is 11.2. The van der Waals surface area contributed by atoms with E-state index >= 15 is 0 Å². The first-order chi connectivity index (χ1) is 15.2. The zero-order chi connectivity index (χ0) is 23.0. The van der Waals surface area contributed by atoms with Crippen LogP contribution in [0.25, 0.3) is 28.1 Å². The number of hydrogen-bond acceptors (Lipinski definition) is 3. The molecule has 4 nitrogen and oxygen atoms in total. The highest BCUT2D eigenvalue weighted by Crippen LogP contribution is 2.39. The number of hydrogen-bond donors (Lipinski definition) is 1. The van der Waals surface area contributed by atoms with Crippen molar-refractivity contribution >= 4 is 22.9 Å². The lowest BCUT2D eigenvalue weighted by Crippen LogP contribution is -2.31. The molecule has 4 rings (SSSR count). The van der Waals surface area contributed by atoms with Crippen molar-refractivity contribution in [2.45, 2.75) is 64.7 Å². The largest absolute Gasteiger partial charge is 0.458 e. The second-order valence-corrected chi connectivity index (χ2v) is 9.14. The van der Waals surface area contributed by atoms with Crippen LogP contribution in [0, 0.1) is 5.82 Å². The highest BCUT2D eigenvalue weighted by Gasteiger charge is 2.26. The summed E-state index contributed by atoms with van der Waals surface area (Å²) in [4.78, 5) is 11.8. The average Bonchev–Trinajstić information content (AvgIpc) is 3.05. The van der Waals surface area contributed by atoms with Gasteiger partial charge in [-0.15, -0.1) is 0 Å². The van der Waals surface area contributed by atoms with Gasteiger partial charge in [0.15, 0.2) is 0 Å². The molecule has 0 amide bonds. The molecule has 1 aliphatic rings. The van der Waals surface area contributed by atoms with E-state index in [9.17, 15) is 14.3 Å². The number of cyclic esters (lactones) is 1. The zero-order valence-corrected chi connectivity index (χ0v) is 19.0.